The van der Waals surface area contributed by atoms with Gasteiger partial charge in [-0.1, -0.05) is 37.3 Å². The Hall–Kier alpha value is -0.860. The third kappa shape index (κ3) is 4.32. The minimum Gasteiger partial charge on any atom is -0.330 e. The second kappa shape index (κ2) is 7.66. The van der Waals surface area contributed by atoms with E-state index in [1.54, 1.807) is 0 Å². The predicted molar refractivity (Wildman–Crippen MR) is 82.2 cm³/mol. The van der Waals surface area contributed by atoms with Gasteiger partial charge in [0.2, 0.25) is 0 Å². The zero-order valence-corrected chi connectivity index (χ0v) is 12.2. The van der Waals surface area contributed by atoms with Gasteiger partial charge in [-0.25, -0.2) is 0 Å². The Morgan fingerprint density at radius 1 is 1.32 bits per heavy atom. The summed E-state index contributed by atoms with van der Waals surface area (Å²) < 4.78 is 0. The molecule has 0 aromatic heterocycles. The van der Waals surface area contributed by atoms with E-state index in [0.717, 1.165) is 12.5 Å². The van der Waals surface area contributed by atoms with Crippen LogP contribution in [0.4, 0.5) is 0 Å². The normalized spacial score (nSPS) is 22.3. The van der Waals surface area contributed by atoms with Crippen LogP contribution in [0.5, 0.6) is 0 Å². The van der Waals surface area contributed by atoms with Crippen molar-refractivity contribution < 1.29 is 0 Å². The molecule has 2 rings (SSSR count). The van der Waals surface area contributed by atoms with Crippen molar-refractivity contribution in [2.75, 3.05) is 19.6 Å². The molecule has 2 atom stereocenters. The van der Waals surface area contributed by atoms with Crippen LogP contribution < -0.4 is 5.73 Å². The lowest BCUT2D eigenvalue weighted by Crippen LogP contribution is -2.43. The molecule has 2 N–H and O–H groups in total. The van der Waals surface area contributed by atoms with Crippen molar-refractivity contribution in [3.63, 3.8) is 0 Å². The van der Waals surface area contributed by atoms with Gasteiger partial charge >= 0.3 is 0 Å². The van der Waals surface area contributed by atoms with E-state index >= 15 is 0 Å². The Morgan fingerprint density at radius 3 is 2.79 bits per heavy atom. The van der Waals surface area contributed by atoms with Crippen LogP contribution in [-0.4, -0.2) is 30.6 Å². The number of hydrogen-bond donors (Lipinski definition) is 1. The summed E-state index contributed by atoms with van der Waals surface area (Å²) in [7, 11) is 0. The fraction of sp³-hybridized carbons (Fsp3) is 0.647. The van der Waals surface area contributed by atoms with Gasteiger partial charge in [-0.15, -0.1) is 0 Å². The van der Waals surface area contributed by atoms with Crippen molar-refractivity contribution in [2.45, 2.75) is 45.1 Å². The summed E-state index contributed by atoms with van der Waals surface area (Å²) in [5.74, 6) is 0.823. The smallest absolute Gasteiger partial charge is 0.0133 e. The van der Waals surface area contributed by atoms with Crippen LogP contribution in [0.3, 0.4) is 0 Å². The van der Waals surface area contributed by atoms with Crippen molar-refractivity contribution in [2.24, 2.45) is 11.7 Å². The molecule has 1 saturated heterocycles. The molecule has 1 heterocycles. The lowest BCUT2D eigenvalue weighted by atomic mass is 9.92. The van der Waals surface area contributed by atoms with Gasteiger partial charge in [-0.2, -0.15) is 0 Å². The lowest BCUT2D eigenvalue weighted by Gasteiger charge is -2.38. The van der Waals surface area contributed by atoms with Gasteiger partial charge in [0.25, 0.3) is 0 Å². The van der Waals surface area contributed by atoms with Crippen LogP contribution in [0, 0.1) is 5.92 Å². The zero-order valence-electron chi connectivity index (χ0n) is 12.2. The van der Waals surface area contributed by atoms with Crippen LogP contribution in [-0.2, 0) is 6.42 Å². The molecule has 0 aliphatic carbocycles. The van der Waals surface area contributed by atoms with Crippen molar-refractivity contribution >= 4 is 0 Å². The number of likely N-dealkylation sites (tertiary alicyclic amines) is 1. The maximum absolute atomic E-state index is 5.72. The molecular weight excluding hydrogens is 232 g/mol. The quantitative estimate of drug-likeness (QED) is 0.851. The first-order chi connectivity index (χ1) is 9.33. The average molecular weight is 260 g/mol. The monoisotopic (exact) mass is 260 g/mol. The van der Waals surface area contributed by atoms with Crippen molar-refractivity contribution in [1.29, 1.82) is 0 Å². The zero-order chi connectivity index (χ0) is 13.5. The highest BCUT2D eigenvalue weighted by Crippen LogP contribution is 2.23. The molecule has 0 radical (unpaired) electrons. The molecule has 1 aliphatic heterocycles. The molecule has 1 aliphatic rings. The van der Waals surface area contributed by atoms with E-state index in [-0.39, 0.29) is 0 Å². The SMILES string of the molecule is CCC(Cc1ccccc1)N1CCCC(CCN)C1. The Labute approximate surface area is 118 Å². The van der Waals surface area contributed by atoms with Crippen molar-refractivity contribution in [3.8, 4) is 0 Å². The van der Waals surface area contributed by atoms with E-state index in [4.69, 9.17) is 5.73 Å². The summed E-state index contributed by atoms with van der Waals surface area (Å²) in [6.07, 6.45) is 6.33. The average Bonchev–Trinajstić information content (AvgIpc) is 2.46. The Morgan fingerprint density at radius 2 is 2.11 bits per heavy atom. The second-order valence-corrected chi connectivity index (χ2v) is 5.83. The first kappa shape index (κ1) is 14.5. The summed E-state index contributed by atoms with van der Waals surface area (Å²) in [5, 5.41) is 0. The minimum absolute atomic E-state index is 0.697. The fourth-order valence-electron chi connectivity index (χ4n) is 3.32. The first-order valence-corrected chi connectivity index (χ1v) is 7.81. The summed E-state index contributed by atoms with van der Waals surface area (Å²) in [6.45, 7) is 5.68. The van der Waals surface area contributed by atoms with Crippen LogP contribution in [0.2, 0.25) is 0 Å². The van der Waals surface area contributed by atoms with Gasteiger partial charge in [-0.3, -0.25) is 4.90 Å². The van der Waals surface area contributed by atoms with Crippen LogP contribution in [0.25, 0.3) is 0 Å². The maximum atomic E-state index is 5.72. The predicted octanol–water partition coefficient (Wildman–Crippen LogP) is 3.07. The molecule has 0 bridgehead atoms. The minimum atomic E-state index is 0.697. The Balaban J connectivity index is 1.93. The Bertz CT molecular complexity index is 348. The number of nitrogens with two attached hydrogens (primary N) is 1. The summed E-state index contributed by atoms with van der Waals surface area (Å²) >= 11 is 0. The fourth-order valence-corrected chi connectivity index (χ4v) is 3.32. The van der Waals surface area contributed by atoms with Crippen LogP contribution in [0.1, 0.15) is 38.2 Å². The van der Waals surface area contributed by atoms with E-state index in [1.165, 1.54) is 50.8 Å². The number of piperidine rings is 1. The van der Waals surface area contributed by atoms with Gasteiger partial charge in [-0.05, 0) is 56.7 Å². The third-order valence-electron chi connectivity index (χ3n) is 4.43. The van der Waals surface area contributed by atoms with Gasteiger partial charge in [0.15, 0.2) is 0 Å². The topological polar surface area (TPSA) is 29.3 Å². The van der Waals surface area contributed by atoms with Gasteiger partial charge in [0, 0.05) is 12.6 Å². The molecule has 1 aromatic rings. The van der Waals surface area contributed by atoms with E-state index < -0.39 is 0 Å². The molecule has 2 heteroatoms. The van der Waals surface area contributed by atoms with E-state index in [2.05, 4.69) is 42.2 Å². The number of nitrogens with zero attached hydrogens (tertiary/aromatic N) is 1. The summed E-state index contributed by atoms with van der Waals surface area (Å²) in [5.41, 5.74) is 7.19. The molecule has 106 valence electrons. The summed E-state index contributed by atoms with van der Waals surface area (Å²) in [6, 6.07) is 11.6. The Kier molecular flexibility index (Phi) is 5.87. The third-order valence-corrected chi connectivity index (χ3v) is 4.43. The number of hydrogen-bond acceptors (Lipinski definition) is 2. The second-order valence-electron chi connectivity index (χ2n) is 5.83. The summed E-state index contributed by atoms with van der Waals surface area (Å²) in [4.78, 5) is 2.71. The maximum Gasteiger partial charge on any atom is 0.0133 e. The molecule has 19 heavy (non-hydrogen) atoms. The van der Waals surface area contributed by atoms with Crippen LogP contribution >= 0.6 is 0 Å². The molecular formula is C17H28N2. The van der Waals surface area contributed by atoms with E-state index in [0.29, 0.717) is 6.04 Å². The number of rotatable bonds is 6. The standard InChI is InChI=1S/C17H28N2/c1-2-17(13-15-7-4-3-5-8-15)19-12-6-9-16(14-19)10-11-18/h3-5,7-8,16-17H,2,6,9-14,18H2,1H3. The lowest BCUT2D eigenvalue weighted by molar-refractivity contribution is 0.116. The van der Waals surface area contributed by atoms with Crippen LogP contribution in [0.15, 0.2) is 30.3 Å². The van der Waals surface area contributed by atoms with Crippen molar-refractivity contribution in [3.05, 3.63) is 35.9 Å². The molecule has 0 spiro atoms. The molecule has 2 nitrogen and oxygen atoms in total. The van der Waals surface area contributed by atoms with E-state index in [1.807, 2.05) is 0 Å². The highest BCUT2D eigenvalue weighted by molar-refractivity contribution is 5.16. The molecule has 1 fully saturated rings. The molecule has 0 saturated carbocycles. The van der Waals surface area contributed by atoms with Gasteiger partial charge < -0.3 is 5.73 Å². The molecule has 1 aromatic carbocycles. The highest BCUT2D eigenvalue weighted by atomic mass is 15.2. The van der Waals surface area contributed by atoms with Crippen molar-refractivity contribution in [1.82, 2.24) is 4.90 Å². The first-order valence-electron chi connectivity index (χ1n) is 7.81. The molecule has 2 unspecified atom stereocenters. The van der Waals surface area contributed by atoms with E-state index in [9.17, 15) is 0 Å². The van der Waals surface area contributed by atoms with Gasteiger partial charge in [0.05, 0.1) is 0 Å². The number of benzene rings is 1. The molecule has 0 amide bonds. The highest BCUT2D eigenvalue weighted by Gasteiger charge is 2.24. The largest absolute Gasteiger partial charge is 0.330 e. The van der Waals surface area contributed by atoms with Gasteiger partial charge in [0.1, 0.15) is 0 Å².